The molecule has 1 aromatic rings. The van der Waals surface area contributed by atoms with Crippen LogP contribution in [0.4, 0.5) is 0 Å². The van der Waals surface area contributed by atoms with Gasteiger partial charge in [-0.1, -0.05) is 19.3 Å². The quantitative estimate of drug-likeness (QED) is 0.789. The summed E-state index contributed by atoms with van der Waals surface area (Å²) in [5.41, 5.74) is 0. The number of hydrogen-bond donors (Lipinski definition) is 1. The highest BCUT2D eigenvalue weighted by Gasteiger charge is 2.21. The summed E-state index contributed by atoms with van der Waals surface area (Å²) in [6, 6.07) is 0. The third kappa shape index (κ3) is 2.15. The summed E-state index contributed by atoms with van der Waals surface area (Å²) in [7, 11) is 1.97. The molecule has 3 heteroatoms. The SMILES string of the molecule is Cn1ccnc1CC(O)CC1CCC1. The molecule has 1 fully saturated rings. The van der Waals surface area contributed by atoms with Crippen LogP contribution < -0.4 is 0 Å². The summed E-state index contributed by atoms with van der Waals surface area (Å²) in [5, 5.41) is 9.83. The number of aliphatic hydroxyl groups excluding tert-OH is 1. The summed E-state index contributed by atoms with van der Waals surface area (Å²) < 4.78 is 1.98. The van der Waals surface area contributed by atoms with Crippen LogP contribution in [0, 0.1) is 5.92 Å². The van der Waals surface area contributed by atoms with Crippen LogP contribution in [0.2, 0.25) is 0 Å². The lowest BCUT2D eigenvalue weighted by Crippen LogP contribution is -2.22. The normalized spacial score (nSPS) is 19.3. The number of aromatic nitrogens is 2. The van der Waals surface area contributed by atoms with E-state index in [0.717, 1.165) is 18.2 Å². The van der Waals surface area contributed by atoms with Gasteiger partial charge in [-0.15, -0.1) is 0 Å². The molecule has 1 saturated carbocycles. The average molecular weight is 194 g/mol. The predicted octanol–water partition coefficient (Wildman–Crippen LogP) is 1.51. The Bertz CT molecular complexity index is 291. The second kappa shape index (κ2) is 4.13. The van der Waals surface area contributed by atoms with Gasteiger partial charge in [0.05, 0.1) is 6.10 Å². The van der Waals surface area contributed by atoms with Gasteiger partial charge >= 0.3 is 0 Å². The van der Waals surface area contributed by atoms with Gasteiger partial charge in [0.15, 0.2) is 0 Å². The number of aryl methyl sites for hydroxylation is 1. The molecule has 1 aliphatic rings. The highest BCUT2D eigenvalue weighted by molar-refractivity contribution is 4.93. The first-order valence-electron chi connectivity index (χ1n) is 5.40. The van der Waals surface area contributed by atoms with E-state index in [9.17, 15) is 5.11 Å². The Hall–Kier alpha value is -0.830. The number of nitrogens with zero attached hydrogens (tertiary/aromatic N) is 2. The molecule has 1 atom stereocenters. The molecule has 2 rings (SSSR count). The Morgan fingerprint density at radius 3 is 2.93 bits per heavy atom. The molecule has 1 aromatic heterocycles. The topological polar surface area (TPSA) is 38.0 Å². The molecule has 0 spiro atoms. The number of hydrogen-bond acceptors (Lipinski definition) is 2. The molecule has 3 nitrogen and oxygen atoms in total. The van der Waals surface area contributed by atoms with Crippen molar-refractivity contribution in [3.63, 3.8) is 0 Å². The van der Waals surface area contributed by atoms with E-state index in [4.69, 9.17) is 0 Å². The van der Waals surface area contributed by atoms with E-state index < -0.39 is 0 Å². The fourth-order valence-corrected chi connectivity index (χ4v) is 2.00. The van der Waals surface area contributed by atoms with Crippen molar-refractivity contribution in [1.82, 2.24) is 9.55 Å². The van der Waals surface area contributed by atoms with E-state index in [1.807, 2.05) is 17.8 Å². The number of imidazole rings is 1. The maximum Gasteiger partial charge on any atom is 0.110 e. The molecule has 1 unspecified atom stereocenters. The average Bonchev–Trinajstić information content (AvgIpc) is 2.45. The van der Waals surface area contributed by atoms with Crippen LogP contribution in [0.1, 0.15) is 31.5 Å². The molecular formula is C11H18N2O. The standard InChI is InChI=1S/C11H18N2O/c1-13-6-5-12-11(13)8-10(14)7-9-3-2-4-9/h5-6,9-10,14H,2-4,7-8H2,1H3. The Morgan fingerprint density at radius 2 is 2.43 bits per heavy atom. The minimum atomic E-state index is -0.207. The van der Waals surface area contributed by atoms with Gasteiger partial charge in [-0.25, -0.2) is 4.98 Å². The van der Waals surface area contributed by atoms with Crippen molar-refractivity contribution in [2.24, 2.45) is 13.0 Å². The second-order valence-electron chi connectivity index (χ2n) is 4.34. The van der Waals surface area contributed by atoms with Gasteiger partial charge in [0.25, 0.3) is 0 Å². The molecule has 0 radical (unpaired) electrons. The van der Waals surface area contributed by atoms with Crippen LogP contribution in [0.15, 0.2) is 12.4 Å². The molecule has 0 aliphatic heterocycles. The van der Waals surface area contributed by atoms with Gasteiger partial charge in [0.1, 0.15) is 5.82 Å². The fraction of sp³-hybridized carbons (Fsp3) is 0.727. The molecule has 14 heavy (non-hydrogen) atoms. The molecule has 0 amide bonds. The summed E-state index contributed by atoms with van der Waals surface area (Å²) in [5.74, 6) is 1.75. The van der Waals surface area contributed by atoms with Gasteiger partial charge in [-0.05, 0) is 12.3 Å². The zero-order valence-electron chi connectivity index (χ0n) is 8.69. The highest BCUT2D eigenvalue weighted by atomic mass is 16.3. The van der Waals surface area contributed by atoms with Gasteiger partial charge in [0, 0.05) is 25.9 Å². The van der Waals surface area contributed by atoms with E-state index in [1.54, 1.807) is 6.20 Å². The van der Waals surface area contributed by atoms with Crippen LogP contribution in [-0.2, 0) is 13.5 Å². The number of rotatable bonds is 4. The Kier molecular flexibility index (Phi) is 2.87. The lowest BCUT2D eigenvalue weighted by Gasteiger charge is -2.27. The lowest BCUT2D eigenvalue weighted by atomic mass is 9.81. The van der Waals surface area contributed by atoms with Crippen LogP contribution in [0.3, 0.4) is 0 Å². The van der Waals surface area contributed by atoms with Crippen LogP contribution in [-0.4, -0.2) is 20.8 Å². The van der Waals surface area contributed by atoms with Crippen molar-refractivity contribution in [3.05, 3.63) is 18.2 Å². The highest BCUT2D eigenvalue weighted by Crippen LogP contribution is 2.30. The molecule has 0 aromatic carbocycles. The molecule has 1 aliphatic carbocycles. The summed E-state index contributed by atoms with van der Waals surface area (Å²) in [6.45, 7) is 0. The minimum absolute atomic E-state index is 0.207. The van der Waals surface area contributed by atoms with Crippen molar-refractivity contribution in [1.29, 1.82) is 0 Å². The summed E-state index contributed by atoms with van der Waals surface area (Å²) in [4.78, 5) is 4.21. The van der Waals surface area contributed by atoms with Crippen molar-refractivity contribution in [3.8, 4) is 0 Å². The molecule has 0 saturated heterocycles. The number of aliphatic hydroxyl groups is 1. The fourth-order valence-electron chi connectivity index (χ4n) is 2.00. The molecular weight excluding hydrogens is 176 g/mol. The molecule has 1 N–H and O–H groups in total. The smallest absolute Gasteiger partial charge is 0.110 e. The van der Waals surface area contributed by atoms with E-state index >= 15 is 0 Å². The first-order valence-corrected chi connectivity index (χ1v) is 5.40. The maximum atomic E-state index is 9.83. The Balaban J connectivity index is 1.81. The molecule has 1 heterocycles. The predicted molar refractivity (Wildman–Crippen MR) is 54.9 cm³/mol. The van der Waals surface area contributed by atoms with Crippen molar-refractivity contribution < 1.29 is 5.11 Å². The minimum Gasteiger partial charge on any atom is -0.393 e. The van der Waals surface area contributed by atoms with Crippen LogP contribution in [0.5, 0.6) is 0 Å². The van der Waals surface area contributed by atoms with E-state index in [1.165, 1.54) is 19.3 Å². The first-order chi connectivity index (χ1) is 6.75. The zero-order valence-corrected chi connectivity index (χ0v) is 8.69. The maximum absolute atomic E-state index is 9.83. The lowest BCUT2D eigenvalue weighted by molar-refractivity contribution is 0.115. The zero-order chi connectivity index (χ0) is 9.97. The van der Waals surface area contributed by atoms with Crippen LogP contribution >= 0.6 is 0 Å². The van der Waals surface area contributed by atoms with Gasteiger partial charge in [0.2, 0.25) is 0 Å². The van der Waals surface area contributed by atoms with Gasteiger partial charge in [-0.2, -0.15) is 0 Å². The van der Waals surface area contributed by atoms with Gasteiger partial charge in [-0.3, -0.25) is 0 Å². The largest absolute Gasteiger partial charge is 0.393 e. The third-order valence-electron chi connectivity index (χ3n) is 3.17. The van der Waals surface area contributed by atoms with Crippen LogP contribution in [0.25, 0.3) is 0 Å². The summed E-state index contributed by atoms with van der Waals surface area (Å²) >= 11 is 0. The van der Waals surface area contributed by atoms with E-state index in [0.29, 0.717) is 6.42 Å². The first kappa shape index (κ1) is 9.71. The van der Waals surface area contributed by atoms with E-state index in [-0.39, 0.29) is 6.10 Å². The monoisotopic (exact) mass is 194 g/mol. The molecule has 0 bridgehead atoms. The second-order valence-corrected chi connectivity index (χ2v) is 4.34. The third-order valence-corrected chi connectivity index (χ3v) is 3.17. The summed E-state index contributed by atoms with van der Waals surface area (Å²) in [6.07, 6.45) is 9.10. The van der Waals surface area contributed by atoms with Crippen molar-refractivity contribution in [2.75, 3.05) is 0 Å². The van der Waals surface area contributed by atoms with Crippen molar-refractivity contribution >= 4 is 0 Å². The van der Waals surface area contributed by atoms with Gasteiger partial charge < -0.3 is 9.67 Å². The van der Waals surface area contributed by atoms with Crippen molar-refractivity contribution in [2.45, 2.75) is 38.2 Å². The van der Waals surface area contributed by atoms with E-state index in [2.05, 4.69) is 4.98 Å². The Labute approximate surface area is 84.8 Å². The molecule has 78 valence electrons. The Morgan fingerprint density at radius 1 is 1.64 bits per heavy atom.